The van der Waals surface area contributed by atoms with E-state index in [9.17, 15) is 10.2 Å². The molecule has 80 valence electrons. The second kappa shape index (κ2) is 3.14. The molecule has 3 N–H and O–H groups in total. The lowest BCUT2D eigenvalue weighted by Crippen LogP contribution is -2.19. The van der Waals surface area contributed by atoms with Gasteiger partial charge in [-0.3, -0.25) is 0 Å². The zero-order valence-corrected chi connectivity index (χ0v) is 8.58. The molecule has 0 amide bonds. The van der Waals surface area contributed by atoms with Crippen LogP contribution in [0.2, 0.25) is 0 Å². The Bertz CT molecular complexity index is 415. The van der Waals surface area contributed by atoms with E-state index in [0.717, 1.165) is 37.9 Å². The van der Waals surface area contributed by atoms with Crippen molar-refractivity contribution in [1.29, 1.82) is 0 Å². The van der Waals surface area contributed by atoms with Crippen molar-refractivity contribution in [3.8, 4) is 11.5 Å². The molecule has 2 aliphatic rings. The van der Waals surface area contributed by atoms with E-state index in [2.05, 4.69) is 5.32 Å². The predicted octanol–water partition coefficient (Wildman–Crippen LogP) is 1.27. The van der Waals surface area contributed by atoms with Gasteiger partial charge in [0.1, 0.15) is 0 Å². The van der Waals surface area contributed by atoms with E-state index in [-0.39, 0.29) is 11.5 Å². The Hall–Kier alpha value is -1.22. The summed E-state index contributed by atoms with van der Waals surface area (Å²) in [4.78, 5) is 0. The summed E-state index contributed by atoms with van der Waals surface area (Å²) < 4.78 is 0. The van der Waals surface area contributed by atoms with E-state index in [0.29, 0.717) is 5.92 Å². The number of rotatable bonds is 0. The maximum absolute atomic E-state index is 9.80. The van der Waals surface area contributed by atoms with Gasteiger partial charge in [0.25, 0.3) is 0 Å². The molecule has 0 saturated carbocycles. The average molecular weight is 205 g/mol. The third kappa shape index (κ3) is 1.23. The summed E-state index contributed by atoms with van der Waals surface area (Å²) in [6, 6.07) is 1.74. The second-order valence-corrected chi connectivity index (χ2v) is 4.49. The lowest BCUT2D eigenvalue weighted by molar-refractivity contribution is 0.399. The Labute approximate surface area is 88.7 Å². The molecule has 1 heterocycles. The fourth-order valence-corrected chi connectivity index (χ4v) is 2.92. The average Bonchev–Trinajstić information content (AvgIpc) is 2.54. The minimum Gasteiger partial charge on any atom is -0.504 e. The third-order valence-corrected chi connectivity index (χ3v) is 3.62. The summed E-state index contributed by atoms with van der Waals surface area (Å²) in [5, 5.41) is 22.8. The standard InChI is InChI=1S/C12H15NO2/c14-10-5-7-3-4-13-6-8-1-2-9(11(7)8)12(10)15/h5,8,13-15H,1-4,6H2. The predicted molar refractivity (Wildman–Crippen MR) is 57.4 cm³/mol. The highest BCUT2D eigenvalue weighted by Gasteiger charge is 2.30. The van der Waals surface area contributed by atoms with E-state index < -0.39 is 0 Å². The van der Waals surface area contributed by atoms with Gasteiger partial charge in [0.2, 0.25) is 0 Å². The van der Waals surface area contributed by atoms with Crippen molar-refractivity contribution < 1.29 is 10.2 Å². The molecule has 3 rings (SSSR count). The van der Waals surface area contributed by atoms with Gasteiger partial charge in [0.05, 0.1) is 0 Å². The lowest BCUT2D eigenvalue weighted by atomic mass is 9.94. The van der Waals surface area contributed by atoms with E-state index >= 15 is 0 Å². The minimum atomic E-state index is 0.0475. The van der Waals surface area contributed by atoms with Crippen molar-refractivity contribution in [3.63, 3.8) is 0 Å². The second-order valence-electron chi connectivity index (χ2n) is 4.49. The minimum absolute atomic E-state index is 0.0475. The number of benzene rings is 1. The fraction of sp³-hybridized carbons (Fsp3) is 0.500. The summed E-state index contributed by atoms with van der Waals surface area (Å²) in [5.41, 5.74) is 3.50. The molecule has 1 aliphatic carbocycles. The van der Waals surface area contributed by atoms with Crippen LogP contribution in [0.3, 0.4) is 0 Å². The number of phenolic OH excluding ortho intramolecular Hbond substituents is 2. The molecule has 1 unspecified atom stereocenters. The summed E-state index contributed by atoms with van der Waals surface area (Å²) in [5.74, 6) is 0.688. The highest BCUT2D eigenvalue weighted by atomic mass is 16.3. The Balaban J connectivity index is 2.23. The normalized spacial score (nSPS) is 23.6. The largest absolute Gasteiger partial charge is 0.504 e. The van der Waals surface area contributed by atoms with Gasteiger partial charge in [-0.1, -0.05) is 0 Å². The number of hydrogen-bond donors (Lipinski definition) is 3. The van der Waals surface area contributed by atoms with Crippen molar-refractivity contribution in [2.75, 3.05) is 13.1 Å². The van der Waals surface area contributed by atoms with Crippen molar-refractivity contribution in [2.45, 2.75) is 25.2 Å². The first-order valence-electron chi connectivity index (χ1n) is 5.54. The van der Waals surface area contributed by atoms with Gasteiger partial charge in [0.15, 0.2) is 11.5 Å². The first kappa shape index (κ1) is 9.04. The van der Waals surface area contributed by atoms with Gasteiger partial charge in [-0.15, -0.1) is 0 Å². The molecule has 1 aromatic carbocycles. The molecule has 1 aromatic rings. The van der Waals surface area contributed by atoms with Gasteiger partial charge in [-0.25, -0.2) is 0 Å². The van der Waals surface area contributed by atoms with Crippen LogP contribution in [-0.2, 0) is 12.8 Å². The Morgan fingerprint density at radius 2 is 2.13 bits per heavy atom. The molecular weight excluding hydrogens is 190 g/mol. The highest BCUT2D eigenvalue weighted by Crippen LogP contribution is 2.45. The number of nitrogens with one attached hydrogen (secondary N) is 1. The maximum Gasteiger partial charge on any atom is 0.160 e. The van der Waals surface area contributed by atoms with Gasteiger partial charge >= 0.3 is 0 Å². The number of aromatic hydroxyl groups is 2. The van der Waals surface area contributed by atoms with E-state index in [1.165, 1.54) is 11.1 Å². The van der Waals surface area contributed by atoms with Crippen LogP contribution in [0.15, 0.2) is 6.07 Å². The molecule has 1 atom stereocenters. The lowest BCUT2D eigenvalue weighted by Gasteiger charge is -2.13. The molecule has 0 saturated heterocycles. The van der Waals surface area contributed by atoms with Gasteiger partial charge in [0, 0.05) is 12.1 Å². The molecular formula is C12H15NO2. The van der Waals surface area contributed by atoms with E-state index in [1.807, 2.05) is 0 Å². The summed E-state index contributed by atoms with van der Waals surface area (Å²) >= 11 is 0. The van der Waals surface area contributed by atoms with Crippen LogP contribution >= 0.6 is 0 Å². The summed E-state index contributed by atoms with van der Waals surface area (Å²) in [6.45, 7) is 1.97. The molecule has 3 heteroatoms. The van der Waals surface area contributed by atoms with Crippen molar-refractivity contribution in [3.05, 3.63) is 22.8 Å². The molecule has 1 aliphatic heterocycles. The molecule has 0 fully saturated rings. The summed E-state index contributed by atoms with van der Waals surface area (Å²) in [7, 11) is 0. The molecule has 0 spiro atoms. The smallest absolute Gasteiger partial charge is 0.160 e. The molecule has 15 heavy (non-hydrogen) atoms. The van der Waals surface area contributed by atoms with Crippen molar-refractivity contribution in [2.24, 2.45) is 0 Å². The van der Waals surface area contributed by atoms with Gasteiger partial charge in [-0.05, 0) is 48.9 Å². The van der Waals surface area contributed by atoms with E-state index in [1.54, 1.807) is 6.07 Å². The number of phenols is 2. The topological polar surface area (TPSA) is 52.5 Å². The third-order valence-electron chi connectivity index (χ3n) is 3.62. The SMILES string of the molecule is Oc1cc2c3c(c1O)CCC3CNCC2. The van der Waals surface area contributed by atoms with Crippen LogP contribution in [-0.4, -0.2) is 23.3 Å². The van der Waals surface area contributed by atoms with Crippen LogP contribution in [0.5, 0.6) is 11.5 Å². The molecule has 3 nitrogen and oxygen atoms in total. The molecule has 0 bridgehead atoms. The van der Waals surface area contributed by atoms with Crippen LogP contribution in [0.4, 0.5) is 0 Å². The van der Waals surface area contributed by atoms with Gasteiger partial charge in [-0.2, -0.15) is 0 Å². The molecule has 0 aromatic heterocycles. The Kier molecular flexibility index (Phi) is 1.89. The Morgan fingerprint density at radius 3 is 3.00 bits per heavy atom. The highest BCUT2D eigenvalue weighted by molar-refractivity contribution is 5.56. The quantitative estimate of drug-likeness (QED) is 0.559. The van der Waals surface area contributed by atoms with Crippen molar-refractivity contribution in [1.82, 2.24) is 5.32 Å². The maximum atomic E-state index is 9.80. The summed E-state index contributed by atoms with van der Waals surface area (Å²) in [6.07, 6.45) is 2.94. The number of hydrogen-bond acceptors (Lipinski definition) is 3. The Morgan fingerprint density at radius 1 is 1.27 bits per heavy atom. The monoisotopic (exact) mass is 205 g/mol. The van der Waals surface area contributed by atoms with Crippen LogP contribution < -0.4 is 5.32 Å². The fourth-order valence-electron chi connectivity index (χ4n) is 2.92. The van der Waals surface area contributed by atoms with Gasteiger partial charge < -0.3 is 15.5 Å². The van der Waals surface area contributed by atoms with Crippen molar-refractivity contribution >= 4 is 0 Å². The van der Waals surface area contributed by atoms with Crippen LogP contribution in [0.1, 0.15) is 29.0 Å². The van der Waals surface area contributed by atoms with E-state index in [4.69, 9.17) is 0 Å². The zero-order valence-electron chi connectivity index (χ0n) is 8.58. The molecule has 0 radical (unpaired) electrons. The zero-order chi connectivity index (χ0) is 10.4. The first-order valence-corrected chi connectivity index (χ1v) is 5.54. The van der Waals surface area contributed by atoms with Crippen LogP contribution in [0, 0.1) is 0 Å². The first-order chi connectivity index (χ1) is 7.27. The van der Waals surface area contributed by atoms with Crippen LogP contribution in [0.25, 0.3) is 0 Å².